The molecule has 0 amide bonds. The molecule has 0 bridgehead atoms. The van der Waals surface area contributed by atoms with Crippen LogP contribution in [0.5, 0.6) is 0 Å². The van der Waals surface area contributed by atoms with Crippen molar-refractivity contribution in [2.45, 2.75) is 13.5 Å². The Balaban J connectivity index is 1.68. The van der Waals surface area contributed by atoms with Crippen LogP contribution in [0.4, 0.5) is 9.52 Å². The van der Waals surface area contributed by atoms with Crippen molar-refractivity contribution in [1.29, 1.82) is 0 Å². The molecule has 0 saturated carbocycles. The Morgan fingerprint density at radius 3 is 2.90 bits per heavy atom. The van der Waals surface area contributed by atoms with E-state index in [0.717, 1.165) is 31.7 Å². The van der Waals surface area contributed by atoms with Crippen LogP contribution < -0.4 is 17.2 Å². The molecule has 4 rings (SSSR count). The minimum absolute atomic E-state index is 0.000113. The highest BCUT2D eigenvalue weighted by atomic mass is 32.1. The summed E-state index contributed by atoms with van der Waals surface area (Å²) in [5, 5.41) is 4.55. The molecule has 0 aliphatic carbocycles. The Labute approximate surface area is 168 Å². The number of nitrogen functional groups attached to an aromatic ring is 1. The molecule has 3 heterocycles. The molecule has 0 saturated heterocycles. The standard InChI is InChI=1S/C19H18FN7OS/c1-11-4-14(26-10-24-27(19(26)28)9-12(6-20)7-21)8-23-17(11)13-2-3-16-15(5-13)25-18(22)29-16/h2-6,8,10H,7,9,21H2,1H3,(H2,22,25)/b12-6+. The normalized spacial score (nSPS) is 12.0. The highest BCUT2D eigenvalue weighted by Gasteiger charge is 2.12. The monoisotopic (exact) mass is 411 g/mol. The molecular weight excluding hydrogens is 393 g/mol. The van der Waals surface area contributed by atoms with Crippen LogP contribution in [0.25, 0.3) is 27.2 Å². The lowest BCUT2D eigenvalue weighted by Gasteiger charge is -2.08. The summed E-state index contributed by atoms with van der Waals surface area (Å²) in [5.74, 6) is 0. The number of benzene rings is 1. The number of nitrogens with zero attached hydrogens (tertiary/aromatic N) is 5. The molecule has 0 aliphatic heterocycles. The van der Waals surface area contributed by atoms with E-state index in [-0.39, 0.29) is 18.7 Å². The van der Waals surface area contributed by atoms with Gasteiger partial charge in [0, 0.05) is 12.1 Å². The molecule has 0 radical (unpaired) electrons. The second kappa shape index (κ2) is 7.57. The Bertz CT molecular complexity index is 1290. The van der Waals surface area contributed by atoms with Crippen molar-refractivity contribution < 1.29 is 4.39 Å². The van der Waals surface area contributed by atoms with Gasteiger partial charge in [-0.3, -0.25) is 4.98 Å². The van der Waals surface area contributed by atoms with Crippen molar-refractivity contribution in [3.8, 4) is 16.9 Å². The minimum atomic E-state index is -0.397. The van der Waals surface area contributed by atoms with E-state index in [1.165, 1.54) is 22.2 Å². The topological polar surface area (TPSA) is 118 Å². The lowest BCUT2D eigenvalue weighted by molar-refractivity contribution is 0.612. The fourth-order valence-corrected chi connectivity index (χ4v) is 3.76. The first kappa shape index (κ1) is 19.0. The smallest absolute Gasteiger partial charge is 0.350 e. The third-order valence-corrected chi connectivity index (χ3v) is 5.39. The first-order valence-corrected chi connectivity index (χ1v) is 9.58. The van der Waals surface area contributed by atoms with Gasteiger partial charge in [-0.2, -0.15) is 5.10 Å². The van der Waals surface area contributed by atoms with Gasteiger partial charge >= 0.3 is 5.69 Å². The van der Waals surface area contributed by atoms with Gasteiger partial charge in [-0.1, -0.05) is 17.4 Å². The maximum Gasteiger partial charge on any atom is 0.350 e. The van der Waals surface area contributed by atoms with E-state index in [4.69, 9.17) is 11.5 Å². The summed E-state index contributed by atoms with van der Waals surface area (Å²) >= 11 is 1.43. The van der Waals surface area contributed by atoms with Gasteiger partial charge in [0.25, 0.3) is 0 Å². The lowest BCUT2D eigenvalue weighted by Crippen LogP contribution is -2.26. The Kier molecular flexibility index (Phi) is 4.95. The van der Waals surface area contributed by atoms with Crippen molar-refractivity contribution in [2.24, 2.45) is 5.73 Å². The van der Waals surface area contributed by atoms with Gasteiger partial charge in [-0.25, -0.2) is 23.4 Å². The molecule has 1 aromatic carbocycles. The number of aryl methyl sites for hydroxylation is 1. The summed E-state index contributed by atoms with van der Waals surface area (Å²) in [5.41, 5.74) is 15.1. The minimum Gasteiger partial charge on any atom is -0.375 e. The van der Waals surface area contributed by atoms with Crippen LogP contribution in [0.2, 0.25) is 0 Å². The van der Waals surface area contributed by atoms with Gasteiger partial charge in [-0.05, 0) is 36.3 Å². The molecule has 0 unspecified atom stereocenters. The van der Waals surface area contributed by atoms with Gasteiger partial charge in [0.15, 0.2) is 5.13 Å². The number of fused-ring (bicyclic) bond motifs is 1. The zero-order valence-corrected chi connectivity index (χ0v) is 16.4. The molecule has 10 heteroatoms. The van der Waals surface area contributed by atoms with Gasteiger partial charge in [0.05, 0.1) is 40.7 Å². The molecule has 29 heavy (non-hydrogen) atoms. The molecule has 0 aliphatic rings. The Hall–Kier alpha value is -3.37. The van der Waals surface area contributed by atoms with E-state index in [2.05, 4.69) is 15.1 Å². The summed E-state index contributed by atoms with van der Waals surface area (Å²) in [6.07, 6.45) is 3.39. The van der Waals surface area contributed by atoms with E-state index in [1.807, 2.05) is 31.2 Å². The van der Waals surface area contributed by atoms with Gasteiger partial charge in [0.2, 0.25) is 0 Å². The molecule has 3 aromatic heterocycles. The predicted molar refractivity (Wildman–Crippen MR) is 112 cm³/mol. The van der Waals surface area contributed by atoms with E-state index in [9.17, 15) is 9.18 Å². The zero-order valence-electron chi connectivity index (χ0n) is 15.5. The van der Waals surface area contributed by atoms with Crippen molar-refractivity contribution >= 4 is 26.7 Å². The molecule has 8 nitrogen and oxygen atoms in total. The second-order valence-corrected chi connectivity index (χ2v) is 7.57. The number of rotatable bonds is 5. The SMILES string of the molecule is Cc1cc(-n2cnn(C/C(=C/F)CN)c2=O)cnc1-c1ccc2sc(N)nc2c1. The van der Waals surface area contributed by atoms with Crippen molar-refractivity contribution in [3.63, 3.8) is 0 Å². The molecule has 0 atom stereocenters. The molecule has 4 N–H and O–H groups in total. The van der Waals surface area contributed by atoms with Gasteiger partial charge in [-0.15, -0.1) is 0 Å². The number of anilines is 1. The second-order valence-electron chi connectivity index (χ2n) is 6.51. The van der Waals surface area contributed by atoms with Crippen LogP contribution in [0.3, 0.4) is 0 Å². The van der Waals surface area contributed by atoms with Crippen LogP contribution in [-0.4, -0.2) is 30.9 Å². The van der Waals surface area contributed by atoms with Crippen LogP contribution in [0, 0.1) is 6.92 Å². The number of nitrogens with two attached hydrogens (primary N) is 2. The fourth-order valence-electron chi connectivity index (χ4n) is 3.05. The highest BCUT2D eigenvalue weighted by Crippen LogP contribution is 2.29. The van der Waals surface area contributed by atoms with Crippen LogP contribution in [-0.2, 0) is 6.54 Å². The summed E-state index contributed by atoms with van der Waals surface area (Å²) < 4.78 is 16.3. The lowest BCUT2D eigenvalue weighted by atomic mass is 10.1. The molecule has 0 spiro atoms. The summed E-state index contributed by atoms with van der Waals surface area (Å²) in [6.45, 7) is 1.93. The predicted octanol–water partition coefficient (Wildman–Crippen LogP) is 2.41. The first-order valence-electron chi connectivity index (χ1n) is 8.76. The van der Waals surface area contributed by atoms with E-state index in [1.54, 1.807) is 6.20 Å². The molecule has 0 fully saturated rings. The Morgan fingerprint density at radius 1 is 1.34 bits per heavy atom. The average Bonchev–Trinajstić information content (AvgIpc) is 3.26. The van der Waals surface area contributed by atoms with Crippen molar-refractivity contribution in [3.05, 3.63) is 64.7 Å². The Morgan fingerprint density at radius 2 is 2.17 bits per heavy atom. The number of hydrogen-bond donors (Lipinski definition) is 2. The zero-order chi connectivity index (χ0) is 20.5. The third kappa shape index (κ3) is 3.55. The summed E-state index contributed by atoms with van der Waals surface area (Å²) in [6, 6.07) is 7.73. The number of thiazole rings is 1. The van der Waals surface area contributed by atoms with Crippen LogP contribution in [0.15, 0.2) is 53.5 Å². The van der Waals surface area contributed by atoms with Crippen molar-refractivity contribution in [2.75, 3.05) is 12.3 Å². The summed E-state index contributed by atoms with van der Waals surface area (Å²) in [4.78, 5) is 21.4. The first-order chi connectivity index (χ1) is 14.0. The van der Waals surface area contributed by atoms with Gasteiger partial charge in [0.1, 0.15) is 6.33 Å². The average molecular weight is 411 g/mol. The largest absolute Gasteiger partial charge is 0.375 e. The molecular formula is C19H18FN7OS. The number of halogens is 1. The molecule has 148 valence electrons. The fraction of sp³-hybridized carbons (Fsp3) is 0.158. The van der Waals surface area contributed by atoms with Crippen LogP contribution >= 0.6 is 11.3 Å². The van der Waals surface area contributed by atoms with E-state index < -0.39 is 5.69 Å². The quantitative estimate of drug-likeness (QED) is 0.521. The number of pyridine rings is 1. The maximum absolute atomic E-state index is 12.7. The molecule has 4 aromatic rings. The highest BCUT2D eigenvalue weighted by molar-refractivity contribution is 7.22. The number of aromatic nitrogens is 5. The van der Waals surface area contributed by atoms with Crippen molar-refractivity contribution in [1.82, 2.24) is 24.3 Å². The van der Waals surface area contributed by atoms with E-state index >= 15 is 0 Å². The number of hydrogen-bond acceptors (Lipinski definition) is 7. The van der Waals surface area contributed by atoms with Crippen LogP contribution in [0.1, 0.15) is 5.56 Å². The maximum atomic E-state index is 12.7. The van der Waals surface area contributed by atoms with Gasteiger partial charge < -0.3 is 11.5 Å². The third-order valence-electron chi connectivity index (χ3n) is 4.52. The van der Waals surface area contributed by atoms with E-state index in [0.29, 0.717) is 17.1 Å². The summed E-state index contributed by atoms with van der Waals surface area (Å²) in [7, 11) is 0.